The first-order valence-corrected chi connectivity index (χ1v) is 18.3. The summed E-state index contributed by atoms with van der Waals surface area (Å²) in [5.74, 6) is 3.95. The molecule has 0 aromatic carbocycles. The van der Waals surface area contributed by atoms with Gasteiger partial charge in [-0.15, -0.1) is 0 Å². The minimum atomic E-state index is -0.116. The molecule has 5 aliphatic carbocycles. The molecule has 43 heavy (non-hydrogen) atoms. The molecule has 0 N–H and O–H groups in total. The number of rotatable bonds is 6. The third-order valence-electron chi connectivity index (χ3n) is 16.0. The molecular weight excluding hydrogens is 532 g/mol. The lowest BCUT2D eigenvalue weighted by molar-refractivity contribution is -0.259. The van der Waals surface area contributed by atoms with Crippen molar-refractivity contribution >= 4 is 5.97 Å². The van der Waals surface area contributed by atoms with Crippen molar-refractivity contribution in [3.8, 4) is 0 Å². The SMILES string of the molecule is C=C(C)C(C)[C@@H]1CC[C@]2(COC3CCCCO3)CC[C@]3(C)[C@H](CC[C@@H]4[C@@]5(C)CC[C@H](OC(C)=O)C(C)(C)[C@@H]5CC[C@]43C)C12. The summed E-state index contributed by atoms with van der Waals surface area (Å²) in [7, 11) is 0. The van der Waals surface area contributed by atoms with E-state index in [-0.39, 0.29) is 29.2 Å². The van der Waals surface area contributed by atoms with Gasteiger partial charge in [-0.1, -0.05) is 53.7 Å². The highest BCUT2D eigenvalue weighted by molar-refractivity contribution is 5.66. The van der Waals surface area contributed by atoms with Gasteiger partial charge in [0.05, 0.1) is 6.61 Å². The van der Waals surface area contributed by atoms with E-state index in [4.69, 9.17) is 14.2 Å². The quantitative estimate of drug-likeness (QED) is 0.226. The Balaban J connectivity index is 1.31. The topological polar surface area (TPSA) is 44.8 Å². The molecule has 12 atom stereocenters. The van der Waals surface area contributed by atoms with Gasteiger partial charge >= 0.3 is 5.97 Å². The summed E-state index contributed by atoms with van der Waals surface area (Å²) in [6, 6.07) is 0. The first-order valence-electron chi connectivity index (χ1n) is 18.3. The average molecular weight is 597 g/mol. The molecule has 0 aromatic rings. The lowest BCUT2D eigenvalue weighted by Gasteiger charge is -2.73. The van der Waals surface area contributed by atoms with E-state index in [9.17, 15) is 4.79 Å². The van der Waals surface area contributed by atoms with Crippen LogP contribution in [0.4, 0.5) is 0 Å². The van der Waals surface area contributed by atoms with E-state index in [1.165, 1.54) is 76.2 Å². The number of carbonyl (C=O) groups excluding carboxylic acids is 1. The fraction of sp³-hybridized carbons (Fsp3) is 0.923. The van der Waals surface area contributed by atoms with Gasteiger partial charge in [-0.05, 0) is 148 Å². The number of fused-ring (bicyclic) bond motifs is 7. The maximum atomic E-state index is 12.0. The van der Waals surface area contributed by atoms with Crippen molar-refractivity contribution in [1.82, 2.24) is 0 Å². The molecule has 244 valence electrons. The summed E-state index contributed by atoms with van der Waals surface area (Å²) >= 11 is 0. The summed E-state index contributed by atoms with van der Waals surface area (Å²) in [6.45, 7) is 25.5. The molecule has 0 amide bonds. The van der Waals surface area contributed by atoms with E-state index in [0.29, 0.717) is 39.9 Å². The second-order valence-corrected chi connectivity index (χ2v) is 18.0. The zero-order valence-electron chi connectivity index (χ0n) is 29.1. The summed E-state index contributed by atoms with van der Waals surface area (Å²) in [5.41, 5.74) is 2.65. The monoisotopic (exact) mass is 596 g/mol. The molecular formula is C39H64O4. The second-order valence-electron chi connectivity index (χ2n) is 18.0. The van der Waals surface area contributed by atoms with Gasteiger partial charge in [0.25, 0.3) is 0 Å². The molecule has 6 rings (SSSR count). The van der Waals surface area contributed by atoms with Gasteiger partial charge in [-0.2, -0.15) is 0 Å². The molecule has 1 saturated heterocycles. The van der Waals surface area contributed by atoms with Crippen molar-refractivity contribution in [3.05, 3.63) is 12.2 Å². The predicted molar refractivity (Wildman–Crippen MR) is 173 cm³/mol. The van der Waals surface area contributed by atoms with Crippen LogP contribution in [0, 0.1) is 62.6 Å². The molecule has 4 heteroatoms. The van der Waals surface area contributed by atoms with Gasteiger partial charge < -0.3 is 14.2 Å². The van der Waals surface area contributed by atoms with Gasteiger partial charge in [0, 0.05) is 18.9 Å². The van der Waals surface area contributed by atoms with Crippen molar-refractivity contribution in [1.29, 1.82) is 0 Å². The molecule has 4 nitrogen and oxygen atoms in total. The van der Waals surface area contributed by atoms with Crippen LogP contribution in [0.5, 0.6) is 0 Å². The molecule has 0 bridgehead atoms. The highest BCUT2D eigenvalue weighted by Gasteiger charge is 2.71. The molecule has 0 radical (unpaired) electrons. The summed E-state index contributed by atoms with van der Waals surface area (Å²) < 4.78 is 18.8. The van der Waals surface area contributed by atoms with Gasteiger partial charge in [-0.25, -0.2) is 0 Å². The maximum absolute atomic E-state index is 12.0. The lowest BCUT2D eigenvalue weighted by Crippen LogP contribution is -2.67. The standard InChI is InChI=1S/C39H64O4/c1-25(2)26(3)28-15-20-39(24-42-33-12-10-11-23-41-33)22-21-37(8)29(34(28)39)13-14-31-36(7)18-17-32(43-27(4)40)35(5,6)30(36)16-19-38(31,37)9/h26,28-34H,1,10-24H2,2-9H3/t26?,28-,29+,30-,31+,32-,33?,34?,36-,37+,38+,39+/m0/s1. The number of hydrogen-bond donors (Lipinski definition) is 0. The summed E-state index contributed by atoms with van der Waals surface area (Å²) in [4.78, 5) is 12.0. The molecule has 5 saturated carbocycles. The minimum Gasteiger partial charge on any atom is -0.462 e. The van der Waals surface area contributed by atoms with Crippen molar-refractivity contribution in [2.75, 3.05) is 13.2 Å². The molecule has 0 spiro atoms. The van der Waals surface area contributed by atoms with Crippen molar-refractivity contribution in [2.45, 2.75) is 151 Å². The van der Waals surface area contributed by atoms with Crippen molar-refractivity contribution in [2.24, 2.45) is 62.6 Å². The molecule has 3 unspecified atom stereocenters. The average Bonchev–Trinajstić information content (AvgIpc) is 3.33. The Morgan fingerprint density at radius 3 is 2.30 bits per heavy atom. The summed E-state index contributed by atoms with van der Waals surface area (Å²) in [5, 5.41) is 0. The lowest BCUT2D eigenvalue weighted by atomic mass is 9.32. The Hall–Kier alpha value is -0.870. The Morgan fingerprint density at radius 2 is 1.63 bits per heavy atom. The van der Waals surface area contributed by atoms with E-state index >= 15 is 0 Å². The number of carbonyl (C=O) groups is 1. The minimum absolute atomic E-state index is 0.00337. The summed E-state index contributed by atoms with van der Waals surface area (Å²) in [6.07, 6.45) is 16.3. The Bertz CT molecular complexity index is 1080. The first-order chi connectivity index (χ1) is 20.2. The normalized spacial score (nSPS) is 49.5. The van der Waals surface area contributed by atoms with Crippen LogP contribution in [0.15, 0.2) is 12.2 Å². The van der Waals surface area contributed by atoms with Gasteiger partial charge in [0.1, 0.15) is 6.10 Å². The fourth-order valence-electron chi connectivity index (χ4n) is 13.5. The van der Waals surface area contributed by atoms with E-state index in [1.807, 2.05) is 0 Å². The molecule has 1 aliphatic heterocycles. The first kappa shape index (κ1) is 32.1. The number of allylic oxidation sites excluding steroid dienone is 1. The second kappa shape index (κ2) is 11.1. The van der Waals surface area contributed by atoms with Crippen LogP contribution < -0.4 is 0 Å². The predicted octanol–water partition coefficient (Wildman–Crippen LogP) is 9.75. The number of ether oxygens (including phenoxy) is 3. The smallest absolute Gasteiger partial charge is 0.302 e. The van der Waals surface area contributed by atoms with Crippen LogP contribution in [-0.4, -0.2) is 31.6 Å². The van der Waals surface area contributed by atoms with Crippen molar-refractivity contribution in [3.63, 3.8) is 0 Å². The molecule has 0 aromatic heterocycles. The zero-order valence-corrected chi connectivity index (χ0v) is 29.1. The van der Waals surface area contributed by atoms with Crippen LogP contribution >= 0.6 is 0 Å². The van der Waals surface area contributed by atoms with Gasteiger partial charge in [0.15, 0.2) is 6.29 Å². The van der Waals surface area contributed by atoms with Gasteiger partial charge in [0.2, 0.25) is 0 Å². The van der Waals surface area contributed by atoms with Crippen LogP contribution in [0.2, 0.25) is 0 Å². The van der Waals surface area contributed by atoms with E-state index in [1.54, 1.807) is 6.92 Å². The molecule has 6 aliphatic rings. The molecule has 1 heterocycles. The van der Waals surface area contributed by atoms with E-state index in [0.717, 1.165) is 37.9 Å². The van der Waals surface area contributed by atoms with Gasteiger partial charge in [-0.3, -0.25) is 4.79 Å². The van der Waals surface area contributed by atoms with E-state index < -0.39 is 0 Å². The zero-order chi connectivity index (χ0) is 31.0. The number of esters is 1. The Labute approximate surface area is 263 Å². The fourth-order valence-corrected chi connectivity index (χ4v) is 13.5. The number of hydrogen-bond acceptors (Lipinski definition) is 4. The highest BCUT2D eigenvalue weighted by atomic mass is 16.7. The largest absolute Gasteiger partial charge is 0.462 e. The maximum Gasteiger partial charge on any atom is 0.302 e. The van der Waals surface area contributed by atoms with Crippen LogP contribution in [0.1, 0.15) is 139 Å². The van der Waals surface area contributed by atoms with Crippen LogP contribution in [0.3, 0.4) is 0 Å². The van der Waals surface area contributed by atoms with Crippen LogP contribution in [0.25, 0.3) is 0 Å². The Morgan fingerprint density at radius 1 is 0.860 bits per heavy atom. The van der Waals surface area contributed by atoms with Crippen LogP contribution in [-0.2, 0) is 19.0 Å². The molecule has 6 fully saturated rings. The van der Waals surface area contributed by atoms with Crippen molar-refractivity contribution < 1.29 is 19.0 Å². The highest BCUT2D eigenvalue weighted by Crippen LogP contribution is 2.77. The van der Waals surface area contributed by atoms with E-state index in [2.05, 4.69) is 55.0 Å². The third-order valence-corrected chi connectivity index (χ3v) is 16.0. The third kappa shape index (κ3) is 4.83. The Kier molecular flexibility index (Phi) is 8.31.